The highest BCUT2D eigenvalue weighted by molar-refractivity contribution is 9.10. The summed E-state index contributed by atoms with van der Waals surface area (Å²) in [6.45, 7) is 1.73. The molecule has 4 amide bonds. The molecule has 0 spiro atoms. The topological polar surface area (TPSA) is 123 Å². The molecule has 0 bridgehead atoms. The molecule has 57 heavy (non-hydrogen) atoms. The number of carbonyl (C=O) groups excluding carboxylic acids is 4. The first-order valence-corrected chi connectivity index (χ1v) is 19.5. The van der Waals surface area contributed by atoms with Crippen LogP contribution in [-0.2, 0) is 19.2 Å². The number of hydrogen-bond donors (Lipinski definition) is 1. The fourth-order valence-electron chi connectivity index (χ4n) is 9.33. The van der Waals surface area contributed by atoms with E-state index in [1.165, 1.54) is 24.1 Å². The number of phenols is 1. The number of phenolic OH excluding ortho intramolecular Hbond substituents is 1. The standard InChI is InChI=1S/C44H37BrClFN2O8/c1-44-31(41(52)49(43(44)54)26-11-15-34(47)33(46)20-26)21-30-28(38(44)24-18-32(45)39(50)36(19-24)57-4)13-14-29-37(30)42(53)48(40(29)51)25-9-6-22(7-10-25)5-8-23-17-27(55-2)12-16-35(23)56-3/h5-13,15-20,29-31,37-38,50H,14,21H2,1-4H3/t29-,30+,31-,37-,38-,44+/m0/s1. The van der Waals surface area contributed by atoms with Crippen molar-refractivity contribution < 1.29 is 42.9 Å². The molecule has 8 rings (SSSR count). The number of fused-ring (bicyclic) bond motifs is 4. The van der Waals surface area contributed by atoms with E-state index < -0.39 is 52.6 Å². The number of hydrogen-bond acceptors (Lipinski definition) is 8. The fourth-order valence-corrected chi connectivity index (χ4v) is 9.96. The third-order valence-electron chi connectivity index (χ3n) is 12.1. The average Bonchev–Trinajstić information content (AvgIpc) is 3.58. The Morgan fingerprint density at radius 2 is 1.54 bits per heavy atom. The number of halogens is 3. The number of allylic oxidation sites excluding steroid dienone is 2. The van der Waals surface area contributed by atoms with E-state index in [9.17, 15) is 28.7 Å². The maximum Gasteiger partial charge on any atom is 0.241 e. The summed E-state index contributed by atoms with van der Waals surface area (Å²) >= 11 is 9.55. The monoisotopic (exact) mass is 854 g/mol. The van der Waals surface area contributed by atoms with Crippen molar-refractivity contribution in [1.82, 2.24) is 0 Å². The first-order valence-electron chi connectivity index (χ1n) is 18.3. The molecule has 2 saturated heterocycles. The van der Waals surface area contributed by atoms with Crippen molar-refractivity contribution in [2.75, 3.05) is 31.1 Å². The summed E-state index contributed by atoms with van der Waals surface area (Å²) < 4.78 is 30.9. The van der Waals surface area contributed by atoms with Gasteiger partial charge < -0.3 is 19.3 Å². The molecule has 2 heterocycles. The minimum atomic E-state index is -1.38. The summed E-state index contributed by atoms with van der Waals surface area (Å²) in [7, 11) is 4.59. The Hall–Kier alpha value is -5.46. The smallest absolute Gasteiger partial charge is 0.241 e. The number of anilines is 2. The van der Waals surface area contributed by atoms with Gasteiger partial charge in [-0.3, -0.25) is 24.1 Å². The molecule has 4 aromatic carbocycles. The number of methoxy groups -OCH3 is 3. The zero-order valence-electron chi connectivity index (χ0n) is 31.3. The minimum Gasteiger partial charge on any atom is -0.503 e. The molecule has 1 N–H and O–H groups in total. The summed E-state index contributed by atoms with van der Waals surface area (Å²) in [4.78, 5) is 60.3. The van der Waals surface area contributed by atoms with Gasteiger partial charge in [-0.1, -0.05) is 47.5 Å². The van der Waals surface area contributed by atoms with Crippen molar-refractivity contribution in [3.05, 3.63) is 116 Å². The van der Waals surface area contributed by atoms with E-state index >= 15 is 0 Å². The predicted octanol–water partition coefficient (Wildman–Crippen LogP) is 8.58. The fraction of sp³-hybridized carbons (Fsp3) is 0.273. The summed E-state index contributed by atoms with van der Waals surface area (Å²) in [5, 5.41) is 10.5. The number of ether oxygens (including phenoxy) is 3. The summed E-state index contributed by atoms with van der Waals surface area (Å²) in [5.74, 6) is -4.83. The molecule has 4 aliphatic rings. The molecule has 0 aromatic heterocycles. The number of carbonyl (C=O) groups is 4. The van der Waals surface area contributed by atoms with Crippen LogP contribution in [-0.4, -0.2) is 50.1 Å². The van der Waals surface area contributed by atoms with Gasteiger partial charge in [0.05, 0.1) is 65.4 Å². The molecule has 2 aliphatic carbocycles. The third-order valence-corrected chi connectivity index (χ3v) is 13.0. The predicted molar refractivity (Wildman–Crippen MR) is 216 cm³/mol. The first-order chi connectivity index (χ1) is 27.3. The van der Waals surface area contributed by atoms with E-state index in [4.69, 9.17) is 25.8 Å². The van der Waals surface area contributed by atoms with Gasteiger partial charge >= 0.3 is 0 Å². The van der Waals surface area contributed by atoms with Crippen molar-refractivity contribution in [2.24, 2.45) is 29.1 Å². The minimum absolute atomic E-state index is 0.122. The van der Waals surface area contributed by atoms with E-state index in [1.807, 2.05) is 48.6 Å². The van der Waals surface area contributed by atoms with Crippen LogP contribution in [0.1, 0.15) is 42.4 Å². The van der Waals surface area contributed by atoms with E-state index in [0.29, 0.717) is 27.2 Å². The van der Waals surface area contributed by atoms with Crippen LogP contribution in [0.15, 0.2) is 88.9 Å². The number of amides is 4. The Morgan fingerprint density at radius 1 is 0.825 bits per heavy atom. The van der Waals surface area contributed by atoms with Gasteiger partial charge in [0.2, 0.25) is 23.6 Å². The van der Waals surface area contributed by atoms with Crippen LogP contribution < -0.4 is 24.0 Å². The lowest BCUT2D eigenvalue weighted by molar-refractivity contribution is -0.131. The maximum atomic E-state index is 14.7. The number of nitrogens with zero attached hydrogens (tertiary/aromatic N) is 2. The number of rotatable bonds is 8. The van der Waals surface area contributed by atoms with Gasteiger partial charge in [-0.25, -0.2) is 9.29 Å². The van der Waals surface area contributed by atoms with Gasteiger partial charge in [0.25, 0.3) is 0 Å². The Kier molecular flexibility index (Phi) is 9.76. The van der Waals surface area contributed by atoms with Crippen molar-refractivity contribution in [2.45, 2.75) is 25.7 Å². The van der Waals surface area contributed by atoms with Crippen molar-refractivity contribution in [1.29, 1.82) is 0 Å². The van der Waals surface area contributed by atoms with Crippen LogP contribution in [0, 0.1) is 34.9 Å². The molecule has 0 unspecified atom stereocenters. The molecule has 1 saturated carbocycles. The van der Waals surface area contributed by atoms with Gasteiger partial charge in [0, 0.05) is 11.5 Å². The maximum absolute atomic E-state index is 14.7. The molecule has 3 fully saturated rings. The molecule has 10 nitrogen and oxygen atoms in total. The zero-order chi connectivity index (χ0) is 40.5. The lowest BCUT2D eigenvalue weighted by atomic mass is 9.51. The number of benzene rings is 4. The van der Waals surface area contributed by atoms with Crippen LogP contribution in [0.3, 0.4) is 0 Å². The van der Waals surface area contributed by atoms with Crippen LogP contribution in [0.5, 0.6) is 23.0 Å². The van der Waals surface area contributed by atoms with E-state index in [2.05, 4.69) is 15.9 Å². The SMILES string of the molecule is COc1ccc(OC)c(C=Cc2ccc(N3C(=O)[C@H]4[C@H](CC=C5[C@H]4C[C@H]4C(=O)N(c6ccc(F)c(Cl)c6)C(=O)[C@@]4(C)[C@H]5c4cc(Br)c(O)c(OC)c4)C3=O)cc2)c1. The lowest BCUT2D eigenvalue weighted by Gasteiger charge is -2.49. The highest BCUT2D eigenvalue weighted by Gasteiger charge is 2.67. The molecular formula is C44H37BrClFN2O8. The highest BCUT2D eigenvalue weighted by atomic mass is 79.9. The number of imide groups is 2. The van der Waals surface area contributed by atoms with E-state index in [0.717, 1.165) is 27.7 Å². The summed E-state index contributed by atoms with van der Waals surface area (Å²) in [6, 6.07) is 19.6. The second-order valence-electron chi connectivity index (χ2n) is 14.9. The molecule has 292 valence electrons. The zero-order valence-corrected chi connectivity index (χ0v) is 33.6. The van der Waals surface area contributed by atoms with Crippen LogP contribution in [0.2, 0.25) is 5.02 Å². The van der Waals surface area contributed by atoms with Crippen molar-refractivity contribution in [3.63, 3.8) is 0 Å². The van der Waals surface area contributed by atoms with Gasteiger partial charge in [-0.15, -0.1) is 0 Å². The quantitative estimate of drug-likeness (QED) is 0.106. The summed E-state index contributed by atoms with van der Waals surface area (Å²) in [6.07, 6.45) is 6.09. The van der Waals surface area contributed by atoms with Gasteiger partial charge in [0.1, 0.15) is 17.3 Å². The second-order valence-corrected chi connectivity index (χ2v) is 16.1. The Labute approximate surface area is 341 Å². The van der Waals surface area contributed by atoms with Gasteiger partial charge in [-0.05, 0) is 113 Å². The second kappa shape index (κ2) is 14.5. The highest BCUT2D eigenvalue weighted by Crippen LogP contribution is 2.64. The molecule has 6 atom stereocenters. The van der Waals surface area contributed by atoms with Crippen molar-refractivity contribution in [3.8, 4) is 23.0 Å². The van der Waals surface area contributed by atoms with Crippen molar-refractivity contribution >= 4 is 74.7 Å². The number of aromatic hydroxyl groups is 1. The molecular weight excluding hydrogens is 819 g/mol. The first kappa shape index (κ1) is 38.4. The molecule has 4 aromatic rings. The van der Waals surface area contributed by atoms with Gasteiger partial charge in [0.15, 0.2) is 11.5 Å². The normalized spacial score (nSPS) is 25.4. The van der Waals surface area contributed by atoms with Crippen LogP contribution >= 0.6 is 27.5 Å². The van der Waals surface area contributed by atoms with Crippen LogP contribution in [0.4, 0.5) is 15.8 Å². The average molecular weight is 856 g/mol. The third kappa shape index (κ3) is 6.03. The van der Waals surface area contributed by atoms with Crippen LogP contribution in [0.25, 0.3) is 12.2 Å². The Morgan fingerprint density at radius 3 is 2.23 bits per heavy atom. The van der Waals surface area contributed by atoms with E-state index in [1.54, 1.807) is 45.4 Å². The van der Waals surface area contributed by atoms with E-state index in [-0.39, 0.29) is 46.9 Å². The Balaban J connectivity index is 1.16. The largest absolute Gasteiger partial charge is 0.503 e. The molecule has 2 aliphatic heterocycles. The molecule has 0 radical (unpaired) electrons. The van der Waals surface area contributed by atoms with Gasteiger partial charge in [-0.2, -0.15) is 0 Å². The Bertz CT molecular complexity index is 2440. The summed E-state index contributed by atoms with van der Waals surface area (Å²) in [5.41, 5.74) is 2.14. The lowest BCUT2D eigenvalue weighted by Crippen LogP contribution is -2.48. The molecule has 13 heteroatoms.